The molecule has 0 aromatic heterocycles. The summed E-state index contributed by atoms with van der Waals surface area (Å²) in [6, 6.07) is -0.628. The normalized spacial score (nSPS) is 34.4. The predicted octanol–water partition coefficient (Wildman–Crippen LogP) is 2.14. The minimum atomic E-state index is -0.628. The van der Waals surface area contributed by atoms with Crippen molar-refractivity contribution in [1.29, 1.82) is 0 Å². The number of nitro groups is 1. The van der Waals surface area contributed by atoms with Gasteiger partial charge in [0.1, 0.15) is 6.10 Å². The van der Waals surface area contributed by atoms with Gasteiger partial charge >= 0.3 is 0 Å². The lowest BCUT2D eigenvalue weighted by Gasteiger charge is -2.30. The van der Waals surface area contributed by atoms with Gasteiger partial charge in [-0.2, -0.15) is 0 Å². The first-order chi connectivity index (χ1) is 8.66. The van der Waals surface area contributed by atoms with Crippen LogP contribution in [-0.2, 0) is 4.74 Å². The van der Waals surface area contributed by atoms with Crippen LogP contribution in [0.15, 0.2) is 0 Å². The smallest absolute Gasteiger partial charge is 0.239 e. The number of hydrogen-bond donors (Lipinski definition) is 1. The van der Waals surface area contributed by atoms with E-state index in [-0.39, 0.29) is 4.92 Å². The minimum absolute atomic E-state index is 0.239. The highest BCUT2D eigenvalue weighted by molar-refractivity contribution is 4.81. The van der Waals surface area contributed by atoms with Crippen molar-refractivity contribution in [3.05, 3.63) is 10.1 Å². The molecule has 104 valence electrons. The summed E-state index contributed by atoms with van der Waals surface area (Å²) in [5, 5.41) is 20.6. The van der Waals surface area contributed by atoms with Crippen molar-refractivity contribution in [3.8, 4) is 0 Å². The van der Waals surface area contributed by atoms with Gasteiger partial charge in [0.2, 0.25) is 6.04 Å². The number of rotatable bonds is 4. The minimum Gasteiger partial charge on any atom is -0.393 e. The van der Waals surface area contributed by atoms with Gasteiger partial charge in [0.25, 0.3) is 0 Å². The van der Waals surface area contributed by atoms with Crippen molar-refractivity contribution < 1.29 is 14.8 Å². The van der Waals surface area contributed by atoms with Gasteiger partial charge in [-0.1, -0.05) is 19.3 Å². The van der Waals surface area contributed by atoms with Crippen molar-refractivity contribution in [2.75, 3.05) is 6.61 Å². The zero-order valence-corrected chi connectivity index (χ0v) is 10.8. The molecule has 3 atom stereocenters. The molecule has 0 aromatic rings. The standard InChI is InChI=1S/C13H23NO4/c15-11-6-7-12(14(16)17)13(8-11)18-9-10-4-2-1-3-5-10/h10-13,15H,1-9H2. The molecule has 0 radical (unpaired) electrons. The average Bonchev–Trinajstić information content (AvgIpc) is 2.37. The van der Waals surface area contributed by atoms with Gasteiger partial charge in [-0.25, -0.2) is 0 Å². The maximum Gasteiger partial charge on any atom is 0.239 e. The van der Waals surface area contributed by atoms with Crippen LogP contribution in [-0.4, -0.2) is 34.9 Å². The van der Waals surface area contributed by atoms with E-state index in [1.807, 2.05) is 0 Å². The summed E-state index contributed by atoms with van der Waals surface area (Å²) in [6.45, 7) is 0.627. The zero-order chi connectivity index (χ0) is 13.0. The molecule has 2 aliphatic rings. The summed E-state index contributed by atoms with van der Waals surface area (Å²) in [5.41, 5.74) is 0. The zero-order valence-electron chi connectivity index (χ0n) is 10.8. The molecule has 2 rings (SSSR count). The summed E-state index contributed by atoms with van der Waals surface area (Å²) in [6.07, 6.45) is 6.70. The largest absolute Gasteiger partial charge is 0.393 e. The van der Waals surface area contributed by atoms with Crippen molar-refractivity contribution in [3.63, 3.8) is 0 Å². The molecule has 0 saturated heterocycles. The molecule has 3 unspecified atom stereocenters. The van der Waals surface area contributed by atoms with E-state index in [0.29, 0.717) is 31.8 Å². The molecule has 0 amide bonds. The molecule has 2 saturated carbocycles. The Labute approximate surface area is 108 Å². The van der Waals surface area contributed by atoms with Crippen LogP contribution in [0.5, 0.6) is 0 Å². The van der Waals surface area contributed by atoms with Gasteiger partial charge in [-0.3, -0.25) is 10.1 Å². The lowest BCUT2D eigenvalue weighted by molar-refractivity contribution is -0.540. The predicted molar refractivity (Wildman–Crippen MR) is 67.0 cm³/mol. The van der Waals surface area contributed by atoms with Crippen LogP contribution in [0.25, 0.3) is 0 Å². The number of aliphatic hydroxyl groups is 1. The van der Waals surface area contributed by atoms with Gasteiger partial charge < -0.3 is 9.84 Å². The van der Waals surface area contributed by atoms with Crippen LogP contribution in [0, 0.1) is 16.0 Å². The van der Waals surface area contributed by atoms with Crippen molar-refractivity contribution in [1.82, 2.24) is 0 Å². The number of nitrogens with zero attached hydrogens (tertiary/aromatic N) is 1. The number of ether oxygens (including phenoxy) is 1. The van der Waals surface area contributed by atoms with Crippen LogP contribution in [0.4, 0.5) is 0 Å². The number of aliphatic hydroxyl groups excluding tert-OH is 1. The van der Waals surface area contributed by atoms with Gasteiger partial charge in [-0.05, 0) is 25.2 Å². The third kappa shape index (κ3) is 3.65. The first-order valence-corrected chi connectivity index (χ1v) is 7.10. The van der Waals surface area contributed by atoms with E-state index in [0.717, 1.165) is 0 Å². The van der Waals surface area contributed by atoms with Crippen LogP contribution in [0.2, 0.25) is 0 Å². The van der Waals surface area contributed by atoms with Gasteiger partial charge in [0.15, 0.2) is 0 Å². The summed E-state index contributed by atoms with van der Waals surface area (Å²) >= 11 is 0. The molecule has 5 nitrogen and oxygen atoms in total. The van der Waals surface area contributed by atoms with Crippen LogP contribution < -0.4 is 0 Å². The molecule has 0 bridgehead atoms. The molecule has 2 aliphatic carbocycles. The molecule has 0 aliphatic heterocycles. The fourth-order valence-corrected chi connectivity index (χ4v) is 3.13. The Hall–Kier alpha value is -0.680. The van der Waals surface area contributed by atoms with Gasteiger partial charge in [-0.15, -0.1) is 0 Å². The van der Waals surface area contributed by atoms with Crippen LogP contribution in [0.3, 0.4) is 0 Å². The first-order valence-electron chi connectivity index (χ1n) is 7.10. The molecule has 1 N–H and O–H groups in total. The van der Waals surface area contributed by atoms with Gasteiger partial charge in [0.05, 0.1) is 12.7 Å². The number of hydrogen-bond acceptors (Lipinski definition) is 4. The first kappa shape index (κ1) is 13.7. The lowest BCUT2D eigenvalue weighted by Crippen LogP contribution is -2.43. The Balaban J connectivity index is 1.82. The van der Waals surface area contributed by atoms with Crippen molar-refractivity contribution in [2.24, 2.45) is 5.92 Å². The highest BCUT2D eigenvalue weighted by Gasteiger charge is 2.38. The average molecular weight is 257 g/mol. The Bertz CT molecular complexity index is 278. The van der Waals surface area contributed by atoms with Crippen molar-refractivity contribution >= 4 is 0 Å². The maximum absolute atomic E-state index is 11.0. The molecular weight excluding hydrogens is 234 g/mol. The van der Waals surface area contributed by atoms with E-state index in [4.69, 9.17) is 4.74 Å². The van der Waals surface area contributed by atoms with E-state index in [1.54, 1.807) is 0 Å². The van der Waals surface area contributed by atoms with Crippen LogP contribution >= 0.6 is 0 Å². The highest BCUT2D eigenvalue weighted by atomic mass is 16.6. The summed E-state index contributed by atoms with van der Waals surface area (Å²) in [4.78, 5) is 10.7. The third-order valence-corrected chi connectivity index (χ3v) is 4.27. The van der Waals surface area contributed by atoms with E-state index < -0.39 is 18.2 Å². The van der Waals surface area contributed by atoms with E-state index in [9.17, 15) is 15.2 Å². The molecule has 0 spiro atoms. The summed E-state index contributed by atoms with van der Waals surface area (Å²) < 4.78 is 5.77. The Morgan fingerprint density at radius 2 is 1.89 bits per heavy atom. The van der Waals surface area contributed by atoms with E-state index in [1.165, 1.54) is 32.1 Å². The fourth-order valence-electron chi connectivity index (χ4n) is 3.13. The third-order valence-electron chi connectivity index (χ3n) is 4.27. The Morgan fingerprint density at radius 3 is 2.56 bits per heavy atom. The second-order valence-electron chi connectivity index (χ2n) is 5.70. The highest BCUT2D eigenvalue weighted by Crippen LogP contribution is 2.28. The van der Waals surface area contributed by atoms with Crippen molar-refractivity contribution in [2.45, 2.75) is 69.6 Å². The van der Waals surface area contributed by atoms with Gasteiger partial charge in [0, 0.05) is 17.8 Å². The molecule has 18 heavy (non-hydrogen) atoms. The molecular formula is C13H23NO4. The Morgan fingerprint density at radius 1 is 1.17 bits per heavy atom. The van der Waals surface area contributed by atoms with Crippen LogP contribution in [0.1, 0.15) is 51.4 Å². The summed E-state index contributed by atoms with van der Waals surface area (Å²) in [7, 11) is 0. The molecule has 2 fully saturated rings. The Kier molecular flexibility index (Phi) is 4.95. The maximum atomic E-state index is 11.0. The SMILES string of the molecule is O=[N+]([O-])C1CCC(O)CC1OCC1CCCCC1. The lowest BCUT2D eigenvalue weighted by atomic mass is 9.88. The topological polar surface area (TPSA) is 72.6 Å². The fraction of sp³-hybridized carbons (Fsp3) is 1.00. The van der Waals surface area contributed by atoms with E-state index >= 15 is 0 Å². The molecule has 0 aromatic carbocycles. The quantitative estimate of drug-likeness (QED) is 0.618. The van der Waals surface area contributed by atoms with E-state index in [2.05, 4.69) is 0 Å². The molecule has 0 heterocycles. The second kappa shape index (κ2) is 6.48. The summed E-state index contributed by atoms with van der Waals surface area (Å²) in [5.74, 6) is 0.560. The monoisotopic (exact) mass is 257 g/mol. The molecule has 5 heteroatoms. The second-order valence-corrected chi connectivity index (χ2v) is 5.70.